The van der Waals surface area contributed by atoms with Crippen LogP contribution in [0.5, 0.6) is 0 Å². The first-order valence-corrected chi connectivity index (χ1v) is 6.93. The number of alkyl halides is 4. The summed E-state index contributed by atoms with van der Waals surface area (Å²) in [4.78, 5) is 11.6. The molecule has 1 aromatic heterocycles. The van der Waals surface area contributed by atoms with Crippen LogP contribution in [0.2, 0.25) is 0 Å². The molecule has 0 spiro atoms. The van der Waals surface area contributed by atoms with E-state index in [0.29, 0.717) is 17.1 Å². The highest BCUT2D eigenvalue weighted by Crippen LogP contribution is 2.32. The lowest BCUT2D eigenvalue weighted by Gasteiger charge is -2.06. The molecule has 0 saturated carbocycles. The van der Waals surface area contributed by atoms with Gasteiger partial charge in [0.15, 0.2) is 0 Å². The molecule has 3 nitrogen and oxygen atoms in total. The molecule has 0 radical (unpaired) electrons. The number of hydrogen-bond acceptors (Lipinski definition) is 3. The van der Waals surface area contributed by atoms with E-state index >= 15 is 0 Å². The van der Waals surface area contributed by atoms with E-state index in [4.69, 9.17) is 4.42 Å². The Labute approximate surface area is 126 Å². The number of esters is 1. The molecule has 0 aliphatic carbocycles. The molecule has 1 heterocycles. The first-order valence-electron chi connectivity index (χ1n) is 5.81. The minimum atomic E-state index is -4.39. The van der Waals surface area contributed by atoms with Crippen molar-refractivity contribution in [3.63, 3.8) is 0 Å². The van der Waals surface area contributed by atoms with E-state index in [2.05, 4.69) is 20.7 Å². The van der Waals surface area contributed by atoms with Crippen LogP contribution in [-0.2, 0) is 16.2 Å². The van der Waals surface area contributed by atoms with Crippen LogP contribution in [0.1, 0.15) is 21.7 Å². The monoisotopic (exact) mass is 362 g/mol. The molecule has 0 fully saturated rings. The molecular weight excluding hydrogens is 353 g/mol. The predicted molar refractivity (Wildman–Crippen MR) is 73.1 cm³/mol. The van der Waals surface area contributed by atoms with Crippen molar-refractivity contribution in [2.45, 2.75) is 11.5 Å². The van der Waals surface area contributed by atoms with Crippen molar-refractivity contribution in [2.75, 3.05) is 7.11 Å². The normalized spacial score (nSPS) is 11.5. The molecule has 0 N–H and O–H groups in total. The van der Waals surface area contributed by atoms with Crippen LogP contribution in [0.25, 0.3) is 11.3 Å². The summed E-state index contributed by atoms with van der Waals surface area (Å²) >= 11 is 3.18. The molecule has 2 rings (SSSR count). The molecule has 2 aromatic rings. The Balaban J connectivity index is 2.38. The lowest BCUT2D eigenvalue weighted by atomic mass is 10.1. The maximum absolute atomic E-state index is 12.5. The molecule has 0 saturated heterocycles. The van der Waals surface area contributed by atoms with Gasteiger partial charge in [0.1, 0.15) is 17.1 Å². The van der Waals surface area contributed by atoms with Crippen LogP contribution >= 0.6 is 15.9 Å². The second-order valence-corrected chi connectivity index (χ2v) is 4.71. The Morgan fingerprint density at radius 3 is 2.38 bits per heavy atom. The maximum atomic E-state index is 12.5. The molecule has 0 aliphatic heterocycles. The van der Waals surface area contributed by atoms with Gasteiger partial charge in [-0.15, -0.1) is 0 Å². The third-order valence-corrected chi connectivity index (χ3v) is 3.34. The third-order valence-electron chi connectivity index (χ3n) is 2.83. The van der Waals surface area contributed by atoms with E-state index < -0.39 is 17.7 Å². The van der Waals surface area contributed by atoms with Crippen LogP contribution in [0.3, 0.4) is 0 Å². The highest BCUT2D eigenvalue weighted by atomic mass is 79.9. The van der Waals surface area contributed by atoms with E-state index in [-0.39, 0.29) is 10.9 Å². The number of carbonyl (C=O) groups is 1. The van der Waals surface area contributed by atoms with Crippen molar-refractivity contribution in [3.05, 3.63) is 47.2 Å². The van der Waals surface area contributed by atoms with E-state index in [0.717, 1.165) is 12.1 Å². The van der Waals surface area contributed by atoms with E-state index in [1.165, 1.54) is 25.3 Å². The zero-order valence-electron chi connectivity index (χ0n) is 10.8. The number of furan rings is 1. The molecular formula is C14H10BrF3O3. The summed E-state index contributed by atoms with van der Waals surface area (Å²) in [6.45, 7) is 0. The highest BCUT2D eigenvalue weighted by Gasteiger charge is 2.30. The lowest BCUT2D eigenvalue weighted by Crippen LogP contribution is -2.03. The summed E-state index contributed by atoms with van der Waals surface area (Å²) in [6.07, 6.45) is -4.39. The second kappa shape index (κ2) is 5.93. The van der Waals surface area contributed by atoms with Crippen molar-refractivity contribution < 1.29 is 27.1 Å². The number of carbonyl (C=O) groups excluding carboxylic acids is 1. The first kappa shape index (κ1) is 15.6. The van der Waals surface area contributed by atoms with Crippen LogP contribution in [0.15, 0.2) is 34.7 Å². The Kier molecular flexibility index (Phi) is 4.41. The van der Waals surface area contributed by atoms with Gasteiger partial charge in [-0.3, -0.25) is 0 Å². The zero-order chi connectivity index (χ0) is 15.6. The summed E-state index contributed by atoms with van der Waals surface area (Å²) in [6, 6.07) is 5.96. The zero-order valence-corrected chi connectivity index (χ0v) is 12.4. The topological polar surface area (TPSA) is 39.4 Å². The van der Waals surface area contributed by atoms with Crippen LogP contribution in [0, 0.1) is 0 Å². The van der Waals surface area contributed by atoms with Gasteiger partial charge in [0, 0.05) is 5.56 Å². The number of methoxy groups -OCH3 is 1. The van der Waals surface area contributed by atoms with Crippen molar-refractivity contribution in [1.29, 1.82) is 0 Å². The van der Waals surface area contributed by atoms with Crippen molar-refractivity contribution in [1.82, 2.24) is 0 Å². The van der Waals surface area contributed by atoms with Gasteiger partial charge in [0.2, 0.25) is 0 Å². The SMILES string of the molecule is COC(=O)c1cc(-c2ccc(C(F)(F)F)cc2)oc1CBr. The van der Waals surface area contributed by atoms with Crippen molar-refractivity contribution >= 4 is 21.9 Å². The van der Waals surface area contributed by atoms with E-state index in [9.17, 15) is 18.0 Å². The number of benzene rings is 1. The molecule has 0 atom stereocenters. The van der Waals surface area contributed by atoms with Gasteiger partial charge < -0.3 is 9.15 Å². The van der Waals surface area contributed by atoms with Gasteiger partial charge in [-0.2, -0.15) is 13.2 Å². The summed E-state index contributed by atoms with van der Waals surface area (Å²) in [5.74, 6) is 0.0988. The van der Waals surface area contributed by atoms with Crippen molar-refractivity contribution in [2.24, 2.45) is 0 Å². The fraction of sp³-hybridized carbons (Fsp3) is 0.214. The highest BCUT2D eigenvalue weighted by molar-refractivity contribution is 9.08. The fourth-order valence-corrected chi connectivity index (χ4v) is 2.19. The average molecular weight is 363 g/mol. The van der Waals surface area contributed by atoms with Gasteiger partial charge in [0.25, 0.3) is 0 Å². The van der Waals surface area contributed by atoms with Crippen molar-refractivity contribution in [3.8, 4) is 11.3 Å². The minimum absolute atomic E-state index is 0.240. The largest absolute Gasteiger partial charge is 0.465 e. The van der Waals surface area contributed by atoms with Crippen LogP contribution in [0.4, 0.5) is 13.2 Å². The van der Waals surface area contributed by atoms with Gasteiger partial charge in [-0.05, 0) is 18.2 Å². The van der Waals surface area contributed by atoms with Crippen LogP contribution < -0.4 is 0 Å². The minimum Gasteiger partial charge on any atom is -0.465 e. The predicted octanol–water partition coefficient (Wildman–Crippen LogP) is 4.65. The molecule has 0 unspecified atom stereocenters. The molecule has 7 heteroatoms. The van der Waals surface area contributed by atoms with E-state index in [1.54, 1.807) is 0 Å². The van der Waals surface area contributed by atoms with Gasteiger partial charge in [0.05, 0.1) is 18.0 Å². The first-order chi connectivity index (χ1) is 9.86. The Bertz CT molecular complexity index is 644. The molecule has 0 amide bonds. The number of ether oxygens (including phenoxy) is 1. The molecule has 1 aromatic carbocycles. The fourth-order valence-electron chi connectivity index (χ4n) is 1.78. The third kappa shape index (κ3) is 3.29. The second-order valence-electron chi connectivity index (χ2n) is 4.15. The molecule has 0 bridgehead atoms. The quantitative estimate of drug-likeness (QED) is 0.589. The average Bonchev–Trinajstić information content (AvgIpc) is 2.90. The number of hydrogen-bond donors (Lipinski definition) is 0. The Morgan fingerprint density at radius 2 is 1.90 bits per heavy atom. The maximum Gasteiger partial charge on any atom is 0.416 e. The van der Waals surface area contributed by atoms with Gasteiger partial charge >= 0.3 is 12.1 Å². The summed E-state index contributed by atoms with van der Waals surface area (Å²) in [7, 11) is 1.24. The summed E-state index contributed by atoms with van der Waals surface area (Å²) < 4.78 is 47.6. The number of halogens is 4. The molecule has 0 aliphatic rings. The summed E-state index contributed by atoms with van der Waals surface area (Å²) in [5.41, 5.74) is -0.0589. The lowest BCUT2D eigenvalue weighted by molar-refractivity contribution is -0.137. The van der Waals surface area contributed by atoms with Gasteiger partial charge in [-0.25, -0.2) is 4.79 Å². The van der Waals surface area contributed by atoms with Gasteiger partial charge in [-0.1, -0.05) is 28.1 Å². The Hall–Kier alpha value is -1.76. The smallest absolute Gasteiger partial charge is 0.416 e. The Morgan fingerprint density at radius 1 is 1.29 bits per heavy atom. The number of rotatable bonds is 3. The van der Waals surface area contributed by atoms with Crippen LogP contribution in [-0.4, -0.2) is 13.1 Å². The standard InChI is InChI=1S/C14H10BrF3O3/c1-20-13(19)10-6-11(21-12(10)7-15)8-2-4-9(5-3-8)14(16,17)18/h2-6H,7H2,1H3. The molecule has 21 heavy (non-hydrogen) atoms. The molecule has 112 valence electrons. The van der Waals surface area contributed by atoms with E-state index in [1.807, 2.05) is 0 Å². The summed E-state index contributed by atoms with van der Waals surface area (Å²) in [5, 5.41) is 0.290.